The molecule has 120 valence electrons. The molecule has 22 heavy (non-hydrogen) atoms. The lowest BCUT2D eigenvalue weighted by atomic mass is 10.4. The Bertz CT molecular complexity index is 567. The van der Waals surface area contributed by atoms with Crippen LogP contribution >= 0.6 is 22.9 Å². The first-order valence-electron chi connectivity index (χ1n) is 7.62. The molecule has 0 spiro atoms. The molecule has 0 atom stereocenters. The molecule has 2 heterocycles. The van der Waals surface area contributed by atoms with E-state index < -0.39 is 0 Å². The van der Waals surface area contributed by atoms with E-state index in [0.29, 0.717) is 18.0 Å². The van der Waals surface area contributed by atoms with Gasteiger partial charge in [0.25, 0.3) is 5.91 Å². The van der Waals surface area contributed by atoms with Crippen molar-refractivity contribution in [3.05, 3.63) is 10.0 Å². The zero-order valence-electron chi connectivity index (χ0n) is 12.2. The molecule has 3 rings (SSSR count). The van der Waals surface area contributed by atoms with Crippen molar-refractivity contribution in [2.75, 3.05) is 31.1 Å². The van der Waals surface area contributed by atoms with Crippen molar-refractivity contribution in [1.29, 1.82) is 0 Å². The average molecular weight is 343 g/mol. The molecule has 6 nitrogen and oxygen atoms in total. The van der Waals surface area contributed by atoms with Crippen molar-refractivity contribution in [3.63, 3.8) is 0 Å². The highest BCUT2D eigenvalue weighted by molar-refractivity contribution is 7.18. The number of nitrogens with zero attached hydrogens (tertiary/aromatic N) is 2. The van der Waals surface area contributed by atoms with Gasteiger partial charge in [0.15, 0.2) is 10.3 Å². The summed E-state index contributed by atoms with van der Waals surface area (Å²) in [7, 11) is 0. The minimum absolute atomic E-state index is 0.0846. The molecule has 0 bridgehead atoms. The van der Waals surface area contributed by atoms with E-state index in [1.807, 2.05) is 0 Å². The average Bonchev–Trinajstić information content (AvgIpc) is 3.06. The normalized spacial score (nSPS) is 17.6. The summed E-state index contributed by atoms with van der Waals surface area (Å²) in [5, 5.41) is 6.65. The lowest BCUT2D eigenvalue weighted by molar-refractivity contribution is -0.122. The van der Waals surface area contributed by atoms with Gasteiger partial charge in [-0.1, -0.05) is 22.9 Å². The van der Waals surface area contributed by atoms with Gasteiger partial charge >= 0.3 is 0 Å². The second kappa shape index (κ2) is 6.83. The molecule has 1 aliphatic heterocycles. The van der Waals surface area contributed by atoms with E-state index in [2.05, 4.69) is 20.5 Å². The van der Waals surface area contributed by atoms with Crippen molar-refractivity contribution in [2.24, 2.45) is 5.92 Å². The molecule has 2 amide bonds. The summed E-state index contributed by atoms with van der Waals surface area (Å²) in [5.74, 6) is 0.0460. The van der Waals surface area contributed by atoms with E-state index in [4.69, 9.17) is 11.6 Å². The van der Waals surface area contributed by atoms with Crippen LogP contribution in [-0.4, -0.2) is 43.0 Å². The topological polar surface area (TPSA) is 74.3 Å². The Labute approximate surface area is 138 Å². The second-order valence-electron chi connectivity index (χ2n) is 5.63. The van der Waals surface area contributed by atoms with Gasteiger partial charge < -0.3 is 15.5 Å². The summed E-state index contributed by atoms with van der Waals surface area (Å²) < 4.78 is 0. The molecular weight excluding hydrogens is 324 g/mol. The summed E-state index contributed by atoms with van der Waals surface area (Å²) >= 11 is 7.40. The fraction of sp³-hybridized carbons (Fsp3) is 0.643. The standard InChI is InChI=1S/C14H19ClN4O2S/c15-11-10(22-14(18-11)19-7-1-2-8-19)13(21)17-6-5-16-12(20)9-3-4-9/h9H,1-8H2,(H,16,20)(H,17,21). The fourth-order valence-electron chi connectivity index (χ4n) is 2.41. The highest BCUT2D eigenvalue weighted by atomic mass is 35.5. The molecular formula is C14H19ClN4O2S. The number of thiazole rings is 1. The molecule has 2 aliphatic rings. The second-order valence-corrected chi connectivity index (χ2v) is 6.97. The van der Waals surface area contributed by atoms with Gasteiger partial charge in [0.2, 0.25) is 5.91 Å². The lowest BCUT2D eigenvalue weighted by Gasteiger charge is -2.11. The van der Waals surface area contributed by atoms with Crippen molar-refractivity contribution in [3.8, 4) is 0 Å². The lowest BCUT2D eigenvalue weighted by Crippen LogP contribution is -2.35. The Hall–Kier alpha value is -1.34. The van der Waals surface area contributed by atoms with Crippen molar-refractivity contribution in [1.82, 2.24) is 15.6 Å². The van der Waals surface area contributed by atoms with E-state index in [-0.39, 0.29) is 22.9 Å². The minimum Gasteiger partial charge on any atom is -0.354 e. The fourth-order valence-corrected chi connectivity index (χ4v) is 3.66. The van der Waals surface area contributed by atoms with Crippen LogP contribution in [0.1, 0.15) is 35.4 Å². The summed E-state index contributed by atoms with van der Waals surface area (Å²) in [6, 6.07) is 0. The maximum absolute atomic E-state index is 12.1. The van der Waals surface area contributed by atoms with Gasteiger partial charge in [-0.2, -0.15) is 0 Å². The monoisotopic (exact) mass is 342 g/mol. The van der Waals surface area contributed by atoms with Crippen LogP contribution in [0.25, 0.3) is 0 Å². The largest absolute Gasteiger partial charge is 0.354 e. The quantitative estimate of drug-likeness (QED) is 0.771. The Morgan fingerprint density at radius 3 is 2.59 bits per heavy atom. The Morgan fingerprint density at radius 2 is 1.91 bits per heavy atom. The summed E-state index contributed by atoms with van der Waals surface area (Å²) in [5.41, 5.74) is 0. The summed E-state index contributed by atoms with van der Waals surface area (Å²) in [4.78, 5) is 30.5. The number of hydrogen-bond acceptors (Lipinski definition) is 5. The van der Waals surface area contributed by atoms with Gasteiger partial charge in [-0.05, 0) is 25.7 Å². The zero-order chi connectivity index (χ0) is 15.5. The molecule has 1 saturated heterocycles. The number of nitrogens with one attached hydrogen (secondary N) is 2. The first-order chi connectivity index (χ1) is 10.6. The molecule has 1 aromatic heterocycles. The number of carbonyl (C=O) groups is 2. The van der Waals surface area contributed by atoms with Gasteiger partial charge in [-0.25, -0.2) is 4.98 Å². The zero-order valence-corrected chi connectivity index (χ0v) is 13.8. The number of anilines is 1. The SMILES string of the molecule is O=C(NCCNC(=O)C1CC1)c1sc(N2CCCC2)nc1Cl. The third kappa shape index (κ3) is 3.70. The molecule has 1 aromatic rings. The summed E-state index contributed by atoms with van der Waals surface area (Å²) in [6.07, 6.45) is 4.26. The third-order valence-electron chi connectivity index (χ3n) is 3.82. The van der Waals surface area contributed by atoms with Gasteiger partial charge in [0.05, 0.1) is 0 Å². The van der Waals surface area contributed by atoms with E-state index in [0.717, 1.165) is 43.9 Å². The van der Waals surface area contributed by atoms with Crippen LogP contribution in [0.3, 0.4) is 0 Å². The van der Waals surface area contributed by atoms with Crippen molar-refractivity contribution >= 4 is 39.9 Å². The molecule has 0 unspecified atom stereocenters. The van der Waals surface area contributed by atoms with Crippen LogP contribution in [0.4, 0.5) is 5.13 Å². The number of rotatable bonds is 6. The molecule has 1 aliphatic carbocycles. The van der Waals surface area contributed by atoms with Gasteiger partial charge in [0, 0.05) is 32.1 Å². The predicted molar refractivity (Wildman–Crippen MR) is 86.6 cm³/mol. The van der Waals surface area contributed by atoms with Gasteiger partial charge in [-0.15, -0.1) is 0 Å². The first kappa shape index (κ1) is 15.6. The maximum Gasteiger partial charge on any atom is 0.264 e. The van der Waals surface area contributed by atoms with Crippen LogP contribution in [0.15, 0.2) is 0 Å². The Morgan fingerprint density at radius 1 is 1.23 bits per heavy atom. The third-order valence-corrected chi connectivity index (χ3v) is 5.32. The molecule has 1 saturated carbocycles. The predicted octanol–water partition coefficient (Wildman–Crippen LogP) is 1.65. The molecule has 0 aromatic carbocycles. The number of aromatic nitrogens is 1. The minimum atomic E-state index is -0.228. The number of hydrogen-bond donors (Lipinski definition) is 2. The molecule has 8 heteroatoms. The van der Waals surface area contributed by atoms with E-state index in [9.17, 15) is 9.59 Å². The summed E-state index contributed by atoms with van der Waals surface area (Å²) in [6.45, 7) is 2.78. The van der Waals surface area contributed by atoms with Crippen LogP contribution in [0, 0.1) is 5.92 Å². The smallest absolute Gasteiger partial charge is 0.264 e. The van der Waals surface area contributed by atoms with Gasteiger partial charge in [-0.3, -0.25) is 9.59 Å². The molecule has 2 fully saturated rings. The number of halogens is 1. The molecule has 2 N–H and O–H groups in total. The first-order valence-corrected chi connectivity index (χ1v) is 8.82. The van der Waals surface area contributed by atoms with Crippen molar-refractivity contribution in [2.45, 2.75) is 25.7 Å². The Balaban J connectivity index is 1.47. The number of carbonyl (C=O) groups excluding carboxylic acids is 2. The highest BCUT2D eigenvalue weighted by Gasteiger charge is 2.29. The van der Waals surface area contributed by atoms with E-state index in [1.165, 1.54) is 11.3 Å². The van der Waals surface area contributed by atoms with Crippen LogP contribution < -0.4 is 15.5 Å². The highest BCUT2D eigenvalue weighted by Crippen LogP contribution is 2.31. The van der Waals surface area contributed by atoms with Crippen LogP contribution in [0.2, 0.25) is 5.15 Å². The van der Waals surface area contributed by atoms with Gasteiger partial charge in [0.1, 0.15) is 4.88 Å². The van der Waals surface area contributed by atoms with Crippen LogP contribution in [0.5, 0.6) is 0 Å². The van der Waals surface area contributed by atoms with E-state index >= 15 is 0 Å². The molecule has 0 radical (unpaired) electrons. The van der Waals surface area contributed by atoms with Crippen LogP contribution in [-0.2, 0) is 4.79 Å². The maximum atomic E-state index is 12.1. The van der Waals surface area contributed by atoms with E-state index in [1.54, 1.807) is 0 Å². The number of amides is 2. The Kier molecular flexibility index (Phi) is 4.83. The van der Waals surface area contributed by atoms with Crippen molar-refractivity contribution < 1.29 is 9.59 Å².